The third kappa shape index (κ3) is 4.03. The Morgan fingerprint density at radius 3 is 2.54 bits per heavy atom. The lowest BCUT2D eigenvalue weighted by Gasteiger charge is -2.38. The predicted octanol–water partition coefficient (Wildman–Crippen LogP) is 2.91. The van der Waals surface area contributed by atoms with E-state index in [2.05, 4.69) is 10.3 Å². The number of nitrogens with zero attached hydrogens (tertiary/aromatic N) is 1. The number of benzene rings is 1. The largest absolute Gasteiger partial charge is 0.477 e. The van der Waals surface area contributed by atoms with E-state index in [1.165, 1.54) is 18.2 Å². The summed E-state index contributed by atoms with van der Waals surface area (Å²) in [5, 5.41) is 12.6. The Labute approximate surface area is 156 Å². The summed E-state index contributed by atoms with van der Waals surface area (Å²) in [4.78, 5) is 27.4. The van der Waals surface area contributed by atoms with E-state index in [4.69, 9.17) is 21.4 Å². The first-order valence-electron chi connectivity index (χ1n) is 8.32. The zero-order valence-electron chi connectivity index (χ0n) is 14.1. The first-order valence-corrected chi connectivity index (χ1v) is 8.70. The SMILES string of the molecule is O=C(O)c1cccc(C(=O)NCC2(c3cccc(Cl)c3)CCOCC2)n1. The van der Waals surface area contributed by atoms with Crippen molar-refractivity contribution >= 4 is 23.5 Å². The number of hydrogen-bond acceptors (Lipinski definition) is 4. The molecule has 26 heavy (non-hydrogen) atoms. The molecule has 1 fully saturated rings. The fourth-order valence-corrected chi connectivity index (χ4v) is 3.36. The Kier molecular flexibility index (Phi) is 5.54. The third-order valence-corrected chi connectivity index (χ3v) is 4.91. The number of ether oxygens (including phenoxy) is 1. The van der Waals surface area contributed by atoms with E-state index in [0.717, 1.165) is 18.4 Å². The van der Waals surface area contributed by atoms with Crippen molar-refractivity contribution < 1.29 is 19.4 Å². The summed E-state index contributed by atoms with van der Waals surface area (Å²) >= 11 is 6.15. The van der Waals surface area contributed by atoms with Crippen molar-refractivity contribution in [1.82, 2.24) is 10.3 Å². The number of carbonyl (C=O) groups excluding carboxylic acids is 1. The lowest BCUT2D eigenvalue weighted by molar-refractivity contribution is 0.0486. The maximum Gasteiger partial charge on any atom is 0.354 e. The zero-order chi connectivity index (χ0) is 18.6. The van der Waals surface area contributed by atoms with Crippen LogP contribution in [0.5, 0.6) is 0 Å². The van der Waals surface area contributed by atoms with Crippen molar-refractivity contribution in [2.75, 3.05) is 19.8 Å². The van der Waals surface area contributed by atoms with Gasteiger partial charge in [0, 0.05) is 30.2 Å². The average molecular weight is 375 g/mol. The maximum absolute atomic E-state index is 12.5. The molecule has 0 bridgehead atoms. The smallest absolute Gasteiger partial charge is 0.354 e. The second kappa shape index (κ2) is 7.85. The van der Waals surface area contributed by atoms with Crippen molar-refractivity contribution in [1.29, 1.82) is 0 Å². The molecule has 2 aromatic rings. The van der Waals surface area contributed by atoms with Gasteiger partial charge in [0.1, 0.15) is 11.4 Å². The molecule has 1 aromatic carbocycles. The fourth-order valence-electron chi connectivity index (χ4n) is 3.17. The molecule has 1 amide bonds. The number of aromatic nitrogens is 1. The van der Waals surface area contributed by atoms with Crippen molar-refractivity contribution in [3.05, 3.63) is 64.4 Å². The highest BCUT2D eigenvalue weighted by atomic mass is 35.5. The first-order chi connectivity index (χ1) is 12.5. The van der Waals surface area contributed by atoms with Gasteiger partial charge in [0.2, 0.25) is 0 Å². The van der Waals surface area contributed by atoms with Crippen LogP contribution in [0.3, 0.4) is 0 Å². The molecular weight excluding hydrogens is 356 g/mol. The fraction of sp³-hybridized carbons (Fsp3) is 0.316. The summed E-state index contributed by atoms with van der Waals surface area (Å²) in [7, 11) is 0. The Balaban J connectivity index is 1.79. The molecule has 1 aromatic heterocycles. The van der Waals surface area contributed by atoms with E-state index >= 15 is 0 Å². The molecule has 7 heteroatoms. The Morgan fingerprint density at radius 2 is 1.85 bits per heavy atom. The summed E-state index contributed by atoms with van der Waals surface area (Å²) in [6.07, 6.45) is 1.52. The quantitative estimate of drug-likeness (QED) is 0.840. The van der Waals surface area contributed by atoms with E-state index < -0.39 is 11.9 Å². The molecule has 2 N–H and O–H groups in total. The molecule has 0 saturated carbocycles. The van der Waals surface area contributed by atoms with Gasteiger partial charge in [-0.3, -0.25) is 4.79 Å². The molecule has 0 unspecified atom stereocenters. The van der Waals surface area contributed by atoms with Gasteiger partial charge < -0.3 is 15.2 Å². The Morgan fingerprint density at radius 1 is 1.15 bits per heavy atom. The Bertz CT molecular complexity index is 819. The molecular formula is C19H19ClN2O4. The molecule has 2 heterocycles. The highest BCUT2D eigenvalue weighted by Gasteiger charge is 2.35. The van der Waals surface area contributed by atoms with Crippen LogP contribution in [-0.2, 0) is 10.2 Å². The van der Waals surface area contributed by atoms with Gasteiger partial charge in [0.15, 0.2) is 0 Å². The molecule has 3 rings (SSSR count). The number of hydrogen-bond donors (Lipinski definition) is 2. The minimum atomic E-state index is -1.17. The first kappa shape index (κ1) is 18.4. The summed E-state index contributed by atoms with van der Waals surface area (Å²) in [6.45, 7) is 1.61. The summed E-state index contributed by atoms with van der Waals surface area (Å²) in [6, 6.07) is 12.0. The Hall–Kier alpha value is -2.44. The predicted molar refractivity (Wildman–Crippen MR) is 96.7 cm³/mol. The lowest BCUT2D eigenvalue weighted by atomic mass is 9.74. The van der Waals surface area contributed by atoms with E-state index in [9.17, 15) is 9.59 Å². The van der Waals surface area contributed by atoms with Crippen LogP contribution < -0.4 is 5.32 Å². The third-order valence-electron chi connectivity index (χ3n) is 4.68. The van der Waals surface area contributed by atoms with E-state index in [0.29, 0.717) is 24.8 Å². The molecule has 6 nitrogen and oxygen atoms in total. The standard InChI is InChI=1S/C19H19ClN2O4/c20-14-4-1-3-13(11-14)19(7-9-26-10-8-19)12-21-17(23)15-5-2-6-16(22-15)18(24)25/h1-6,11H,7-10,12H2,(H,21,23)(H,24,25). The minimum Gasteiger partial charge on any atom is -0.477 e. The highest BCUT2D eigenvalue weighted by Crippen LogP contribution is 2.35. The van der Waals surface area contributed by atoms with E-state index in [1.807, 2.05) is 24.3 Å². The van der Waals surface area contributed by atoms with Gasteiger partial charge in [-0.25, -0.2) is 9.78 Å². The van der Waals surface area contributed by atoms with Crippen LogP contribution in [0.2, 0.25) is 5.02 Å². The molecule has 0 aliphatic carbocycles. The normalized spacial score (nSPS) is 16.0. The van der Waals surface area contributed by atoms with Gasteiger partial charge in [-0.1, -0.05) is 29.8 Å². The highest BCUT2D eigenvalue weighted by molar-refractivity contribution is 6.30. The number of carboxylic acids is 1. The summed E-state index contributed by atoms with van der Waals surface area (Å²) < 4.78 is 5.49. The van der Waals surface area contributed by atoms with Crippen molar-refractivity contribution in [2.24, 2.45) is 0 Å². The number of pyridine rings is 1. The molecule has 1 saturated heterocycles. The van der Waals surface area contributed by atoms with Crippen molar-refractivity contribution in [3.63, 3.8) is 0 Å². The molecule has 1 aliphatic rings. The number of rotatable bonds is 5. The van der Waals surface area contributed by atoms with Gasteiger partial charge in [-0.2, -0.15) is 0 Å². The number of amides is 1. The van der Waals surface area contributed by atoms with E-state index in [-0.39, 0.29) is 16.8 Å². The number of carbonyl (C=O) groups is 2. The molecule has 0 atom stereocenters. The number of aromatic carboxylic acids is 1. The van der Waals surface area contributed by atoms with Crippen LogP contribution in [0.4, 0.5) is 0 Å². The van der Waals surface area contributed by atoms with E-state index in [1.54, 1.807) is 0 Å². The average Bonchev–Trinajstić information content (AvgIpc) is 2.67. The van der Waals surface area contributed by atoms with Crippen LogP contribution in [0, 0.1) is 0 Å². The topological polar surface area (TPSA) is 88.5 Å². The van der Waals surface area contributed by atoms with Crippen LogP contribution in [0.25, 0.3) is 0 Å². The summed E-state index contributed by atoms with van der Waals surface area (Å²) in [5.41, 5.74) is 0.704. The lowest BCUT2D eigenvalue weighted by Crippen LogP contribution is -2.44. The van der Waals surface area contributed by atoms with Crippen LogP contribution in [-0.4, -0.2) is 41.7 Å². The number of carboxylic acid groups (broad SMARTS) is 1. The van der Waals surface area contributed by atoms with Gasteiger partial charge in [0.25, 0.3) is 5.91 Å². The maximum atomic E-state index is 12.5. The molecule has 0 spiro atoms. The van der Waals surface area contributed by atoms with Crippen molar-refractivity contribution in [3.8, 4) is 0 Å². The van der Waals surface area contributed by atoms with Gasteiger partial charge in [-0.05, 0) is 42.7 Å². The minimum absolute atomic E-state index is 0.0817. The zero-order valence-corrected chi connectivity index (χ0v) is 14.8. The number of halogens is 1. The van der Waals surface area contributed by atoms with Crippen molar-refractivity contribution in [2.45, 2.75) is 18.3 Å². The second-order valence-corrected chi connectivity index (χ2v) is 6.74. The van der Waals surface area contributed by atoms with Crippen LogP contribution in [0.1, 0.15) is 39.4 Å². The summed E-state index contributed by atoms with van der Waals surface area (Å²) in [5.74, 6) is -1.57. The molecule has 0 radical (unpaired) electrons. The van der Waals surface area contributed by atoms with Gasteiger partial charge in [-0.15, -0.1) is 0 Å². The van der Waals surface area contributed by atoms with Crippen LogP contribution >= 0.6 is 11.6 Å². The monoisotopic (exact) mass is 374 g/mol. The van der Waals surface area contributed by atoms with Crippen LogP contribution in [0.15, 0.2) is 42.5 Å². The number of nitrogens with one attached hydrogen (secondary N) is 1. The van der Waals surface area contributed by atoms with Gasteiger partial charge >= 0.3 is 5.97 Å². The molecule has 1 aliphatic heterocycles. The second-order valence-electron chi connectivity index (χ2n) is 6.30. The van der Waals surface area contributed by atoms with Gasteiger partial charge in [0.05, 0.1) is 0 Å². The molecule has 136 valence electrons.